The van der Waals surface area contributed by atoms with Crippen molar-refractivity contribution in [3.05, 3.63) is 36.0 Å². The number of carbonyl (C=O) groups excluding carboxylic acids is 15. The first-order chi connectivity index (χ1) is 59.3. The molecule has 0 saturated heterocycles. The number of unbranched alkanes of at least 4 members (excludes halogenated alkanes) is 3. The second kappa shape index (κ2) is 57.9. The first kappa shape index (κ1) is 111. The summed E-state index contributed by atoms with van der Waals surface area (Å²) in [5, 5.41) is 75.0. The molecule has 0 bridgehead atoms. The molecule has 0 unspecified atom stereocenters. The number of fused-ring (bicyclic) bond motifs is 1. The molecule has 15 atom stereocenters. The molecule has 0 aliphatic carbocycles. The maximum absolute atomic E-state index is 14.5. The van der Waals surface area contributed by atoms with E-state index in [0.717, 1.165) is 17.8 Å². The summed E-state index contributed by atoms with van der Waals surface area (Å²) in [5.41, 5.74) is 30.4. The van der Waals surface area contributed by atoms with Gasteiger partial charge >= 0.3 is 23.9 Å². The molecule has 0 fully saturated rings. The summed E-state index contributed by atoms with van der Waals surface area (Å²) in [7, 11) is 0. The molecule has 1 aromatic heterocycles. The van der Waals surface area contributed by atoms with Gasteiger partial charge in [0.2, 0.25) is 88.6 Å². The first-order valence-corrected chi connectivity index (χ1v) is 43.1. The number of nitrogens with two attached hydrogens (primary N) is 5. The number of para-hydroxylation sites is 1. The fourth-order valence-corrected chi connectivity index (χ4v) is 13.3. The lowest BCUT2D eigenvalue weighted by Crippen LogP contribution is -2.61. The maximum Gasteiger partial charge on any atom is 0.303 e. The Morgan fingerprint density at radius 1 is 0.365 bits per heavy atom. The zero-order valence-electron chi connectivity index (χ0n) is 74.2. The largest absolute Gasteiger partial charge is 0.481 e. The smallest absolute Gasteiger partial charge is 0.303 e. The minimum Gasteiger partial charge on any atom is -0.481 e. The Hall–Kier alpha value is -11.5. The Balaban J connectivity index is 2.47. The Labute approximate surface area is 733 Å². The van der Waals surface area contributed by atoms with Crippen LogP contribution in [0.15, 0.2) is 30.5 Å². The maximum atomic E-state index is 14.5. The standard InChI is InChI=1S/C83H138N20O23/c1-12-47(10)69(83(126)97-56(27-31-65(107)108)74(117)91-48(11)71(114)93-57(28-32-66(109)110)76(119)101-60(38-44(4)5)79(122)95-54(25-17-20-36-86)77(120)102-68(46(8)9)82(125)98-59(70(88)113)37-43(2)3)103-78(121)58(29-33-67(111)112)96-80(123)61(39-45(6)7)100-75(118)55(26-30-64(105)106)92-63(104)42-90-73(116)53(24-16-19-35-85)94-81(124)62(99-72(115)51(87)22-15-18-34-84)40-49-41-89-52-23-14-13-21-50(49)52/h13-14,21,23,41,43-48,51,53-62,68-69,89H,12,15-20,22,24-40,42,84-87H2,1-11H3,(H2,88,113)(H,90,116)(H,91,117)(H,92,104)(H,93,114)(H,94,124)(H,95,122)(H,96,123)(H,97,126)(H,98,125)(H,99,115)(H,100,118)(H,101,119)(H,102,120)(H,103,121)(H,105,106)(H,107,108)(H,109,110)(H,111,112)/t47-,48-,51-,53-,54-,55-,56-,57-,58-,59-,60-,61-,62-,68-,69-/m0/s1. The van der Waals surface area contributed by atoms with E-state index in [-0.39, 0.29) is 76.3 Å². The number of aromatic nitrogens is 1. The number of aromatic amines is 1. The summed E-state index contributed by atoms with van der Waals surface area (Å²) in [6, 6.07) is -13.6. The summed E-state index contributed by atoms with van der Waals surface area (Å²) in [4.78, 5) is 262. The first-order valence-electron chi connectivity index (χ1n) is 43.1. The van der Waals surface area contributed by atoms with Gasteiger partial charge in [-0.15, -0.1) is 0 Å². The van der Waals surface area contributed by atoms with Gasteiger partial charge in [-0.05, 0) is 164 Å². The van der Waals surface area contributed by atoms with Crippen molar-refractivity contribution in [3.63, 3.8) is 0 Å². The number of primary amides is 1. The van der Waals surface area contributed by atoms with E-state index in [1.54, 1.807) is 66.8 Å². The van der Waals surface area contributed by atoms with Gasteiger partial charge in [-0.2, -0.15) is 0 Å². The van der Waals surface area contributed by atoms with Gasteiger partial charge in [-0.1, -0.05) is 100 Å². The van der Waals surface area contributed by atoms with Gasteiger partial charge in [0.15, 0.2) is 0 Å². The van der Waals surface area contributed by atoms with Gasteiger partial charge < -0.3 is 129 Å². The van der Waals surface area contributed by atoms with Crippen molar-refractivity contribution in [1.82, 2.24) is 79.4 Å². The Kier molecular flexibility index (Phi) is 50.9. The van der Waals surface area contributed by atoms with Crippen molar-refractivity contribution in [1.29, 1.82) is 0 Å². The van der Waals surface area contributed by atoms with Crippen LogP contribution >= 0.6 is 0 Å². The van der Waals surface area contributed by atoms with E-state index in [4.69, 9.17) is 28.7 Å². The minimum atomic E-state index is -1.83. The van der Waals surface area contributed by atoms with E-state index in [1.165, 1.54) is 6.92 Å². The lowest BCUT2D eigenvalue weighted by molar-refractivity contribution is -0.139. The monoisotopic (exact) mass is 1780 g/mol. The highest BCUT2D eigenvalue weighted by Crippen LogP contribution is 2.21. The number of carbonyl (C=O) groups is 19. The van der Waals surface area contributed by atoms with Crippen LogP contribution in [0.1, 0.15) is 217 Å². The van der Waals surface area contributed by atoms with Crippen LogP contribution in [0.25, 0.3) is 10.9 Å². The second-order valence-electron chi connectivity index (χ2n) is 33.3. The van der Waals surface area contributed by atoms with Gasteiger partial charge in [0.05, 0.1) is 12.6 Å². The molecule has 0 aliphatic heterocycles. The van der Waals surface area contributed by atoms with Gasteiger partial charge in [-0.3, -0.25) is 91.1 Å². The van der Waals surface area contributed by atoms with Gasteiger partial charge in [-0.25, -0.2) is 0 Å². The third kappa shape index (κ3) is 42.0. The molecule has 0 aliphatic rings. The van der Waals surface area contributed by atoms with Crippen molar-refractivity contribution >= 4 is 123 Å². The van der Waals surface area contributed by atoms with Crippen LogP contribution in [0.2, 0.25) is 0 Å². The van der Waals surface area contributed by atoms with Crippen LogP contribution < -0.4 is 103 Å². The summed E-state index contributed by atoms with van der Waals surface area (Å²) >= 11 is 0. The highest BCUT2D eigenvalue weighted by atomic mass is 16.4. The predicted octanol–water partition coefficient (Wildman–Crippen LogP) is -2.35. The summed E-state index contributed by atoms with van der Waals surface area (Å²) in [5.74, 6) is -22.5. The number of benzene rings is 1. The van der Waals surface area contributed by atoms with Crippen molar-refractivity contribution < 1.29 is 112 Å². The van der Waals surface area contributed by atoms with E-state index in [9.17, 15) is 112 Å². The van der Waals surface area contributed by atoms with Crippen LogP contribution in [0.4, 0.5) is 0 Å². The third-order valence-electron chi connectivity index (χ3n) is 20.6. The third-order valence-corrected chi connectivity index (χ3v) is 20.6. The number of carboxylic acids is 4. The molecule has 708 valence electrons. The van der Waals surface area contributed by atoms with Crippen LogP contribution in [0.3, 0.4) is 0 Å². The quantitative estimate of drug-likeness (QED) is 0.0308. The SMILES string of the molecule is CC[C@H](C)[C@H](NC(=O)[C@H](CCC(=O)O)NC(=O)[C@H](CC(C)C)NC(=O)[C@H](CCC(=O)O)NC(=O)CNC(=O)[C@H](CCCCN)NC(=O)[C@H](Cc1c[nH]c2ccccc12)NC(=O)[C@@H](N)CCCCN)C(=O)N[C@@H](CCC(=O)O)C(=O)N[C@@H](C)C(=O)N[C@@H](CCC(=O)O)C(=O)N[C@@H](CC(C)C)C(=O)N[C@@H](CCCCN)C(=O)N[C@H](C(=O)N[C@@H](CC(C)C)C(N)=O)C(C)C. The molecule has 1 heterocycles. The van der Waals surface area contributed by atoms with Crippen molar-refractivity contribution in [2.75, 3.05) is 26.2 Å². The lowest BCUT2D eigenvalue weighted by atomic mass is 9.96. The molecule has 126 heavy (non-hydrogen) atoms. The summed E-state index contributed by atoms with van der Waals surface area (Å²) in [6.07, 6.45) is -1.10. The van der Waals surface area contributed by atoms with Gasteiger partial charge in [0, 0.05) is 49.2 Å². The molecule has 43 heteroatoms. The van der Waals surface area contributed by atoms with E-state index in [0.29, 0.717) is 50.6 Å². The number of amides is 15. The number of nitrogens with one attached hydrogen (secondary N) is 15. The zero-order valence-corrected chi connectivity index (χ0v) is 74.2. The number of rotatable bonds is 64. The Bertz CT molecular complexity index is 3970. The van der Waals surface area contributed by atoms with E-state index in [2.05, 4.69) is 79.4 Å². The van der Waals surface area contributed by atoms with E-state index >= 15 is 0 Å². The molecular formula is C83H138N20O23. The van der Waals surface area contributed by atoms with Crippen molar-refractivity contribution in [2.24, 2.45) is 58.3 Å². The Morgan fingerprint density at radius 3 is 1.13 bits per heavy atom. The molecule has 15 amide bonds. The fourth-order valence-electron chi connectivity index (χ4n) is 13.3. The van der Waals surface area contributed by atoms with E-state index < -0.39 is 273 Å². The molecule has 29 N–H and O–H groups in total. The van der Waals surface area contributed by atoms with Crippen LogP contribution in [0.5, 0.6) is 0 Å². The Morgan fingerprint density at radius 2 is 0.706 bits per heavy atom. The highest BCUT2D eigenvalue weighted by molar-refractivity contribution is 6.01. The molecule has 1 aromatic carbocycles. The second-order valence-corrected chi connectivity index (χ2v) is 33.3. The average Bonchev–Trinajstić information content (AvgIpc) is 1.66. The summed E-state index contributed by atoms with van der Waals surface area (Å²) < 4.78 is 0. The predicted molar refractivity (Wildman–Crippen MR) is 462 cm³/mol. The molecule has 2 rings (SSSR count). The number of carboxylic acid groups (broad SMARTS) is 4. The molecule has 0 radical (unpaired) electrons. The summed E-state index contributed by atoms with van der Waals surface area (Å²) in [6.45, 7) is 17.7. The van der Waals surface area contributed by atoms with Gasteiger partial charge in [0.25, 0.3) is 0 Å². The lowest BCUT2D eigenvalue weighted by Gasteiger charge is -2.30. The molecular weight excluding hydrogens is 1650 g/mol. The fraction of sp³-hybridized carbons (Fsp3) is 0.675. The minimum absolute atomic E-state index is 0.00349. The molecule has 0 saturated carbocycles. The zero-order chi connectivity index (χ0) is 95.2. The van der Waals surface area contributed by atoms with Crippen LogP contribution in [0, 0.1) is 29.6 Å². The van der Waals surface area contributed by atoms with Crippen LogP contribution in [-0.4, -0.2) is 249 Å². The topological polar surface area (TPSA) is 720 Å². The van der Waals surface area contributed by atoms with Crippen LogP contribution in [-0.2, 0) is 97.5 Å². The molecule has 43 nitrogen and oxygen atoms in total. The average molecular weight is 1780 g/mol. The molecule has 2 aromatic rings. The van der Waals surface area contributed by atoms with Crippen molar-refractivity contribution in [3.8, 4) is 0 Å². The molecule has 0 spiro atoms. The number of hydrogen-bond donors (Lipinski definition) is 24. The highest BCUT2D eigenvalue weighted by Gasteiger charge is 2.40. The van der Waals surface area contributed by atoms with Gasteiger partial charge in [0.1, 0.15) is 78.5 Å². The normalized spacial score (nSPS) is 14.9. The number of hydrogen-bond acceptors (Lipinski definition) is 23. The van der Waals surface area contributed by atoms with E-state index in [1.807, 2.05) is 26.0 Å². The van der Waals surface area contributed by atoms with Crippen molar-refractivity contribution in [2.45, 2.75) is 302 Å². The number of H-pyrrole nitrogens is 1. The number of aliphatic carboxylic acids is 4.